The van der Waals surface area contributed by atoms with Crippen LogP contribution < -0.4 is 5.32 Å². The molecule has 0 aliphatic rings. The van der Waals surface area contributed by atoms with Gasteiger partial charge in [0.2, 0.25) is 10.9 Å². The summed E-state index contributed by atoms with van der Waals surface area (Å²) >= 11 is 14.9. The summed E-state index contributed by atoms with van der Waals surface area (Å²) in [6, 6.07) is 13.4. The number of anilines is 1. The van der Waals surface area contributed by atoms with Crippen molar-refractivity contribution in [2.75, 3.05) is 11.1 Å². The number of carbonyl (C=O) groups excluding carboxylic acids is 1. The Morgan fingerprint density at radius 1 is 1.18 bits per heavy atom. The van der Waals surface area contributed by atoms with Crippen molar-refractivity contribution in [3.8, 4) is 11.3 Å². The number of benzene rings is 2. The van der Waals surface area contributed by atoms with Crippen molar-refractivity contribution in [3.05, 3.63) is 63.5 Å². The van der Waals surface area contributed by atoms with Gasteiger partial charge in [-0.25, -0.2) is 0 Å². The van der Waals surface area contributed by atoms with E-state index in [1.54, 1.807) is 18.2 Å². The summed E-state index contributed by atoms with van der Waals surface area (Å²) in [6.07, 6.45) is 0. The molecule has 1 amide bonds. The van der Waals surface area contributed by atoms with Gasteiger partial charge in [-0.05, 0) is 24.6 Å². The second-order valence-electron chi connectivity index (χ2n) is 6.03. The first-order valence-corrected chi connectivity index (χ1v) is 10.9. The van der Waals surface area contributed by atoms with Crippen LogP contribution in [0.1, 0.15) is 5.56 Å². The van der Waals surface area contributed by atoms with Gasteiger partial charge in [-0.3, -0.25) is 9.20 Å². The van der Waals surface area contributed by atoms with Gasteiger partial charge in [-0.1, -0.05) is 70.9 Å². The Morgan fingerprint density at radius 3 is 2.75 bits per heavy atom. The molecule has 4 aromatic rings. The summed E-state index contributed by atoms with van der Waals surface area (Å²) in [4.78, 5) is 13.1. The quantitative estimate of drug-likeness (QED) is 0.391. The summed E-state index contributed by atoms with van der Waals surface area (Å²) < 4.78 is 1.97. The number of hydrogen-bond acceptors (Lipinski definition) is 5. The number of aromatic nitrogens is 3. The van der Waals surface area contributed by atoms with Crippen LogP contribution in [0.25, 0.3) is 16.2 Å². The van der Waals surface area contributed by atoms with E-state index in [1.807, 2.05) is 9.78 Å². The van der Waals surface area contributed by atoms with Crippen LogP contribution in [0.15, 0.2) is 53.0 Å². The highest BCUT2D eigenvalue weighted by molar-refractivity contribution is 7.99. The maximum absolute atomic E-state index is 12.3. The van der Waals surface area contributed by atoms with Crippen LogP contribution in [-0.4, -0.2) is 26.3 Å². The molecule has 2 heterocycles. The van der Waals surface area contributed by atoms with Crippen LogP contribution in [0.4, 0.5) is 5.69 Å². The van der Waals surface area contributed by atoms with Gasteiger partial charge in [0.25, 0.3) is 0 Å². The van der Waals surface area contributed by atoms with E-state index in [2.05, 4.69) is 46.7 Å². The number of hydrogen-bond donors (Lipinski definition) is 1. The fraction of sp³-hybridized carbons (Fsp3) is 0.105. The number of amides is 1. The molecule has 0 spiro atoms. The van der Waals surface area contributed by atoms with Gasteiger partial charge in [0.05, 0.1) is 27.2 Å². The molecule has 0 aliphatic heterocycles. The molecule has 2 aromatic heterocycles. The number of fused-ring (bicyclic) bond motifs is 1. The highest BCUT2D eigenvalue weighted by Crippen LogP contribution is 2.31. The zero-order valence-corrected chi connectivity index (χ0v) is 17.8. The lowest BCUT2D eigenvalue weighted by Crippen LogP contribution is -2.14. The van der Waals surface area contributed by atoms with E-state index in [9.17, 15) is 4.79 Å². The highest BCUT2D eigenvalue weighted by Gasteiger charge is 2.16. The molecule has 0 aliphatic carbocycles. The van der Waals surface area contributed by atoms with E-state index in [0.717, 1.165) is 16.2 Å². The SMILES string of the molecule is Cc1ccc(-c2csc3nnc(SCC(=O)Nc4cccc(Cl)c4Cl)n23)cc1. The average molecular weight is 449 g/mol. The van der Waals surface area contributed by atoms with Gasteiger partial charge in [0, 0.05) is 5.38 Å². The second kappa shape index (κ2) is 8.13. The van der Waals surface area contributed by atoms with E-state index in [0.29, 0.717) is 20.9 Å². The van der Waals surface area contributed by atoms with E-state index in [-0.39, 0.29) is 11.7 Å². The number of halogens is 2. The summed E-state index contributed by atoms with van der Waals surface area (Å²) in [5.41, 5.74) is 3.77. The lowest BCUT2D eigenvalue weighted by molar-refractivity contribution is -0.113. The third-order valence-corrected chi connectivity index (χ3v) is 6.59. The molecule has 28 heavy (non-hydrogen) atoms. The van der Waals surface area contributed by atoms with Crippen molar-refractivity contribution in [1.29, 1.82) is 0 Å². The Labute approximate surface area is 179 Å². The van der Waals surface area contributed by atoms with Crippen molar-refractivity contribution in [2.24, 2.45) is 0 Å². The largest absolute Gasteiger partial charge is 0.324 e. The lowest BCUT2D eigenvalue weighted by Gasteiger charge is -2.08. The fourth-order valence-corrected chi connectivity index (χ4v) is 4.62. The van der Waals surface area contributed by atoms with Crippen LogP contribution >= 0.6 is 46.3 Å². The van der Waals surface area contributed by atoms with Crippen LogP contribution in [0.5, 0.6) is 0 Å². The summed E-state index contributed by atoms with van der Waals surface area (Å²) in [6.45, 7) is 2.05. The number of aryl methyl sites for hydroxylation is 1. The Kier molecular flexibility index (Phi) is 5.59. The first-order valence-electron chi connectivity index (χ1n) is 8.29. The van der Waals surface area contributed by atoms with Gasteiger partial charge < -0.3 is 5.32 Å². The van der Waals surface area contributed by atoms with Gasteiger partial charge in [0.1, 0.15) is 0 Å². The molecule has 9 heteroatoms. The van der Waals surface area contributed by atoms with Crippen molar-refractivity contribution in [3.63, 3.8) is 0 Å². The molecule has 0 unspecified atom stereocenters. The molecule has 5 nitrogen and oxygen atoms in total. The second-order valence-corrected chi connectivity index (χ2v) is 8.59. The van der Waals surface area contributed by atoms with Crippen molar-refractivity contribution < 1.29 is 4.79 Å². The average Bonchev–Trinajstić information content (AvgIpc) is 3.27. The third kappa shape index (κ3) is 3.89. The molecule has 2 aromatic carbocycles. The zero-order chi connectivity index (χ0) is 19.7. The molecule has 1 N–H and O–H groups in total. The van der Waals surface area contributed by atoms with E-state index in [1.165, 1.54) is 28.7 Å². The fourth-order valence-electron chi connectivity index (χ4n) is 2.63. The maximum atomic E-state index is 12.3. The van der Waals surface area contributed by atoms with Gasteiger partial charge >= 0.3 is 0 Å². The molecule has 0 saturated carbocycles. The predicted octanol–water partition coefficient (Wildman–Crippen LogP) is 5.80. The minimum Gasteiger partial charge on any atom is -0.324 e. The maximum Gasteiger partial charge on any atom is 0.234 e. The molecule has 0 fully saturated rings. The molecular weight excluding hydrogens is 435 g/mol. The normalized spacial score (nSPS) is 11.1. The lowest BCUT2D eigenvalue weighted by atomic mass is 10.1. The molecule has 4 rings (SSSR count). The Balaban J connectivity index is 1.52. The van der Waals surface area contributed by atoms with Gasteiger partial charge in [-0.15, -0.1) is 21.5 Å². The number of thiazole rings is 1. The van der Waals surface area contributed by atoms with Gasteiger partial charge in [-0.2, -0.15) is 0 Å². The van der Waals surface area contributed by atoms with Crippen LogP contribution in [0.2, 0.25) is 10.0 Å². The monoisotopic (exact) mass is 448 g/mol. The Bertz CT molecular complexity index is 1150. The molecular formula is C19H14Cl2N4OS2. The number of nitrogens with one attached hydrogen (secondary N) is 1. The number of carbonyl (C=O) groups is 1. The first-order chi connectivity index (χ1) is 13.5. The van der Waals surface area contributed by atoms with Crippen molar-refractivity contribution in [2.45, 2.75) is 12.1 Å². The van der Waals surface area contributed by atoms with Crippen molar-refractivity contribution in [1.82, 2.24) is 14.6 Å². The smallest absolute Gasteiger partial charge is 0.234 e. The zero-order valence-electron chi connectivity index (χ0n) is 14.6. The van der Waals surface area contributed by atoms with E-state index >= 15 is 0 Å². The van der Waals surface area contributed by atoms with Crippen molar-refractivity contribution >= 4 is 62.9 Å². The van der Waals surface area contributed by atoms with Crippen LogP contribution in [0, 0.1) is 6.92 Å². The Morgan fingerprint density at radius 2 is 1.96 bits per heavy atom. The summed E-state index contributed by atoms with van der Waals surface area (Å²) in [5, 5.41) is 14.6. The summed E-state index contributed by atoms with van der Waals surface area (Å²) in [7, 11) is 0. The van der Waals surface area contributed by atoms with E-state index in [4.69, 9.17) is 23.2 Å². The standard InChI is InChI=1S/C19H14Cl2N4OS2/c1-11-5-7-12(8-6-11)15-9-27-18-23-24-19(25(15)18)28-10-16(26)22-14-4-2-3-13(20)17(14)21/h2-9H,10H2,1H3,(H,22,26). The van der Waals surface area contributed by atoms with Gasteiger partial charge in [0.15, 0.2) is 5.16 Å². The van der Waals surface area contributed by atoms with Crippen LogP contribution in [-0.2, 0) is 4.79 Å². The Hall–Kier alpha value is -2.06. The number of nitrogens with zero attached hydrogens (tertiary/aromatic N) is 3. The molecule has 0 radical (unpaired) electrons. The minimum atomic E-state index is -0.196. The van der Waals surface area contributed by atoms with Crippen LogP contribution in [0.3, 0.4) is 0 Å². The summed E-state index contributed by atoms with van der Waals surface area (Å²) in [5.74, 6) is -0.0228. The molecule has 0 bridgehead atoms. The topological polar surface area (TPSA) is 59.3 Å². The molecule has 142 valence electrons. The molecule has 0 atom stereocenters. The third-order valence-electron chi connectivity index (χ3n) is 4.03. The minimum absolute atomic E-state index is 0.173. The number of thioether (sulfide) groups is 1. The number of rotatable bonds is 5. The first kappa shape index (κ1) is 19.3. The molecule has 0 saturated heterocycles. The predicted molar refractivity (Wildman–Crippen MR) is 117 cm³/mol. The van der Waals surface area contributed by atoms with E-state index < -0.39 is 0 Å². The highest BCUT2D eigenvalue weighted by atomic mass is 35.5.